The third-order valence-electron chi connectivity index (χ3n) is 2.90. The van der Waals surface area contributed by atoms with Crippen molar-refractivity contribution in [1.82, 2.24) is 9.97 Å². The second kappa shape index (κ2) is 6.15. The first-order chi connectivity index (χ1) is 10.6. The Balaban J connectivity index is 1.62. The smallest absolute Gasteiger partial charge is 0.264 e. The van der Waals surface area contributed by atoms with Gasteiger partial charge in [-0.15, -0.1) is 0 Å². The Hall–Kier alpha value is -2.41. The number of aromatic nitrogens is 2. The summed E-state index contributed by atoms with van der Waals surface area (Å²) in [7, 11) is 0. The molecule has 112 valence electrons. The Morgan fingerprint density at radius 3 is 2.91 bits per heavy atom. The zero-order chi connectivity index (χ0) is 15.5. The zero-order valence-corrected chi connectivity index (χ0v) is 12.9. The summed E-state index contributed by atoms with van der Waals surface area (Å²) in [6.45, 7) is -0.310. The van der Waals surface area contributed by atoms with E-state index in [4.69, 9.17) is 4.74 Å². The highest BCUT2D eigenvalue weighted by atomic mass is 79.9. The molecule has 0 bridgehead atoms. The minimum absolute atomic E-state index is 0.0166. The number of nitrogens with zero attached hydrogens (tertiary/aromatic N) is 1. The first kappa shape index (κ1) is 14.5. The van der Waals surface area contributed by atoms with Crippen molar-refractivity contribution >= 4 is 38.8 Å². The third kappa shape index (κ3) is 3.25. The number of nitrogens with one attached hydrogen (secondary N) is 2. The van der Waals surface area contributed by atoms with Crippen LogP contribution in [-0.4, -0.2) is 22.5 Å². The first-order valence-corrected chi connectivity index (χ1v) is 7.23. The van der Waals surface area contributed by atoms with Crippen LogP contribution < -0.4 is 10.1 Å². The van der Waals surface area contributed by atoms with E-state index in [-0.39, 0.29) is 12.4 Å². The molecule has 0 aliphatic heterocycles. The number of H-pyrrole nitrogens is 1. The highest BCUT2D eigenvalue weighted by Crippen LogP contribution is 2.21. The summed E-state index contributed by atoms with van der Waals surface area (Å²) in [5, 5.41) is 2.57. The number of hydrogen-bond acceptors (Lipinski definition) is 3. The maximum absolute atomic E-state index is 13.6. The molecule has 7 heteroatoms. The van der Waals surface area contributed by atoms with Crippen LogP contribution in [0.25, 0.3) is 11.0 Å². The van der Waals surface area contributed by atoms with Gasteiger partial charge in [0.1, 0.15) is 0 Å². The van der Waals surface area contributed by atoms with Gasteiger partial charge in [0, 0.05) is 4.47 Å². The van der Waals surface area contributed by atoms with Gasteiger partial charge >= 0.3 is 0 Å². The number of hydrogen-bond donors (Lipinski definition) is 2. The number of halogens is 2. The van der Waals surface area contributed by atoms with Crippen LogP contribution in [0.1, 0.15) is 0 Å². The molecule has 0 atom stereocenters. The van der Waals surface area contributed by atoms with E-state index in [0.717, 1.165) is 11.0 Å². The maximum atomic E-state index is 13.6. The van der Waals surface area contributed by atoms with Gasteiger partial charge in [-0.3, -0.25) is 10.1 Å². The molecular weight excluding hydrogens is 353 g/mol. The van der Waals surface area contributed by atoms with Crippen LogP contribution in [0, 0.1) is 5.82 Å². The fraction of sp³-hybridized carbons (Fsp3) is 0.0667. The summed E-state index contributed by atoms with van der Waals surface area (Å²) in [6.07, 6.45) is 0. The lowest BCUT2D eigenvalue weighted by Crippen LogP contribution is -2.21. The van der Waals surface area contributed by atoms with E-state index in [0.29, 0.717) is 10.4 Å². The van der Waals surface area contributed by atoms with Crippen molar-refractivity contribution in [2.45, 2.75) is 0 Å². The van der Waals surface area contributed by atoms with E-state index >= 15 is 0 Å². The number of ether oxygens (including phenoxy) is 1. The number of para-hydroxylation sites is 2. The van der Waals surface area contributed by atoms with E-state index in [9.17, 15) is 9.18 Å². The highest BCUT2D eigenvalue weighted by molar-refractivity contribution is 9.10. The monoisotopic (exact) mass is 363 g/mol. The minimum atomic E-state index is -0.536. The molecule has 2 aromatic carbocycles. The van der Waals surface area contributed by atoms with Gasteiger partial charge in [-0.2, -0.15) is 0 Å². The first-order valence-electron chi connectivity index (χ1n) is 6.44. The van der Waals surface area contributed by atoms with E-state index in [1.165, 1.54) is 12.1 Å². The van der Waals surface area contributed by atoms with E-state index in [1.807, 2.05) is 24.3 Å². The maximum Gasteiger partial charge on any atom is 0.264 e. The van der Waals surface area contributed by atoms with Crippen LogP contribution in [0.4, 0.5) is 10.3 Å². The van der Waals surface area contributed by atoms with Gasteiger partial charge in [0.25, 0.3) is 5.91 Å². The van der Waals surface area contributed by atoms with Gasteiger partial charge in [0.05, 0.1) is 11.0 Å². The topological polar surface area (TPSA) is 67.0 Å². The number of anilines is 1. The predicted molar refractivity (Wildman–Crippen MR) is 84.3 cm³/mol. The summed E-state index contributed by atoms with van der Waals surface area (Å²) < 4.78 is 19.3. The number of carbonyl (C=O) groups is 1. The Morgan fingerprint density at radius 1 is 1.32 bits per heavy atom. The Kier molecular flexibility index (Phi) is 4.06. The van der Waals surface area contributed by atoms with Crippen LogP contribution in [0.15, 0.2) is 46.9 Å². The number of rotatable bonds is 4. The van der Waals surface area contributed by atoms with Crippen molar-refractivity contribution < 1.29 is 13.9 Å². The van der Waals surface area contributed by atoms with Crippen molar-refractivity contribution in [1.29, 1.82) is 0 Å². The van der Waals surface area contributed by atoms with Crippen molar-refractivity contribution in [3.05, 3.63) is 52.8 Å². The van der Waals surface area contributed by atoms with Gasteiger partial charge in [0.2, 0.25) is 5.95 Å². The molecule has 0 aliphatic rings. The molecule has 22 heavy (non-hydrogen) atoms. The SMILES string of the molecule is O=C(COc1ccc(Br)cc1F)Nc1nc2ccccc2[nH]1. The lowest BCUT2D eigenvalue weighted by atomic mass is 10.3. The average Bonchev–Trinajstić information content (AvgIpc) is 2.88. The Labute approximate surface area is 133 Å². The highest BCUT2D eigenvalue weighted by Gasteiger charge is 2.09. The molecule has 0 fully saturated rings. The summed E-state index contributed by atoms with van der Waals surface area (Å²) in [5.41, 5.74) is 1.57. The molecule has 3 aromatic rings. The van der Waals surface area contributed by atoms with Crippen molar-refractivity contribution in [2.24, 2.45) is 0 Å². The van der Waals surface area contributed by atoms with E-state index in [1.54, 1.807) is 6.07 Å². The molecule has 0 spiro atoms. The molecule has 5 nitrogen and oxygen atoms in total. The third-order valence-corrected chi connectivity index (χ3v) is 3.39. The second-order valence-electron chi connectivity index (χ2n) is 4.51. The molecule has 1 heterocycles. The van der Waals surface area contributed by atoms with Gasteiger partial charge < -0.3 is 9.72 Å². The number of benzene rings is 2. The fourth-order valence-electron chi connectivity index (χ4n) is 1.92. The van der Waals surface area contributed by atoms with Crippen molar-refractivity contribution in [3.63, 3.8) is 0 Å². The van der Waals surface area contributed by atoms with Crippen LogP contribution in [0.3, 0.4) is 0 Å². The number of aromatic amines is 1. The summed E-state index contributed by atoms with van der Waals surface area (Å²) in [5.74, 6) is -0.624. The summed E-state index contributed by atoms with van der Waals surface area (Å²) >= 11 is 3.15. The Bertz CT molecular complexity index is 802. The lowest BCUT2D eigenvalue weighted by molar-refractivity contribution is -0.118. The van der Waals surface area contributed by atoms with Gasteiger partial charge in [-0.1, -0.05) is 28.1 Å². The van der Waals surface area contributed by atoms with Gasteiger partial charge in [-0.05, 0) is 30.3 Å². The van der Waals surface area contributed by atoms with Gasteiger partial charge in [0.15, 0.2) is 18.2 Å². The molecule has 2 N–H and O–H groups in total. The molecular formula is C15H11BrFN3O2. The molecule has 0 aliphatic carbocycles. The quantitative estimate of drug-likeness (QED) is 0.745. The molecule has 1 amide bonds. The number of carbonyl (C=O) groups excluding carboxylic acids is 1. The molecule has 0 saturated heterocycles. The molecule has 0 unspecified atom stereocenters. The van der Waals surface area contributed by atoms with Crippen LogP contribution in [-0.2, 0) is 4.79 Å². The lowest BCUT2D eigenvalue weighted by Gasteiger charge is -2.07. The largest absolute Gasteiger partial charge is 0.481 e. The summed E-state index contributed by atoms with van der Waals surface area (Å²) in [6, 6.07) is 11.8. The predicted octanol–water partition coefficient (Wildman–Crippen LogP) is 3.48. The zero-order valence-electron chi connectivity index (χ0n) is 11.3. The normalized spacial score (nSPS) is 10.6. The standard InChI is InChI=1S/C15H11BrFN3O2/c16-9-5-6-13(10(17)7-9)22-8-14(21)20-15-18-11-3-1-2-4-12(11)19-15/h1-7H,8H2,(H2,18,19,20,21). The summed E-state index contributed by atoms with van der Waals surface area (Å²) in [4.78, 5) is 19.0. The van der Waals surface area contributed by atoms with E-state index in [2.05, 4.69) is 31.2 Å². The van der Waals surface area contributed by atoms with E-state index < -0.39 is 11.7 Å². The fourth-order valence-corrected chi connectivity index (χ4v) is 2.25. The van der Waals surface area contributed by atoms with Gasteiger partial charge in [-0.25, -0.2) is 9.37 Å². The number of fused-ring (bicyclic) bond motifs is 1. The average molecular weight is 364 g/mol. The van der Waals surface area contributed by atoms with Crippen molar-refractivity contribution in [2.75, 3.05) is 11.9 Å². The van der Waals surface area contributed by atoms with Crippen LogP contribution in [0.2, 0.25) is 0 Å². The molecule has 0 radical (unpaired) electrons. The number of imidazole rings is 1. The minimum Gasteiger partial charge on any atom is -0.481 e. The molecule has 1 aromatic heterocycles. The van der Waals surface area contributed by atoms with Crippen molar-refractivity contribution in [3.8, 4) is 5.75 Å². The van der Waals surface area contributed by atoms with Crippen LogP contribution in [0.5, 0.6) is 5.75 Å². The molecule has 0 saturated carbocycles. The second-order valence-corrected chi connectivity index (χ2v) is 5.43. The Morgan fingerprint density at radius 2 is 2.14 bits per heavy atom. The van der Waals surface area contributed by atoms with Crippen LogP contribution >= 0.6 is 15.9 Å². The number of amides is 1. The molecule has 3 rings (SSSR count).